The van der Waals surface area contributed by atoms with Gasteiger partial charge in [0.05, 0.1) is 5.52 Å². The van der Waals surface area contributed by atoms with Crippen LogP contribution in [0.1, 0.15) is 30.9 Å². The van der Waals surface area contributed by atoms with Gasteiger partial charge in [-0.2, -0.15) is 0 Å². The number of fused-ring (bicyclic) bond motifs is 1. The minimum Gasteiger partial charge on any atom is -0.426 e. The van der Waals surface area contributed by atoms with Gasteiger partial charge < -0.3 is 4.74 Å². The van der Waals surface area contributed by atoms with Gasteiger partial charge in [-0.05, 0) is 49.4 Å². The molecule has 2 N–H and O–H groups in total. The maximum Gasteiger partial charge on any atom is 0.221 e. The third kappa shape index (κ3) is 3.83. The van der Waals surface area contributed by atoms with Gasteiger partial charge in [-0.1, -0.05) is 0 Å². The van der Waals surface area contributed by atoms with Crippen molar-refractivity contribution in [2.24, 2.45) is 0 Å². The predicted molar refractivity (Wildman–Crippen MR) is 112 cm³/mol. The van der Waals surface area contributed by atoms with E-state index in [-0.39, 0.29) is 17.6 Å². The molecule has 1 aliphatic rings. The van der Waals surface area contributed by atoms with E-state index >= 15 is 0 Å². The Kier molecular flexibility index (Phi) is 5.96. The molecule has 0 radical (unpaired) electrons. The zero-order valence-electron chi connectivity index (χ0n) is 13.9. The Morgan fingerprint density at radius 1 is 1.28 bits per heavy atom. The molecular formula is C16H18FIN4OS2. The molecular weight excluding hydrogens is 474 g/mol. The summed E-state index contributed by atoms with van der Waals surface area (Å²) in [6.45, 7) is 5.29. The highest BCUT2D eigenvalue weighted by Gasteiger charge is 2.23. The lowest BCUT2D eigenvalue weighted by atomic mass is 10.0. The summed E-state index contributed by atoms with van der Waals surface area (Å²) in [5, 5.41) is 17.2. The Labute approximate surface area is 166 Å². The Bertz CT molecular complexity index is 849. The first-order valence-corrected chi connectivity index (χ1v) is 11.9. The van der Waals surface area contributed by atoms with Crippen LogP contribution in [0, 0.1) is 23.6 Å². The first-order valence-electron chi connectivity index (χ1n) is 7.81. The van der Waals surface area contributed by atoms with E-state index in [1.807, 2.05) is 10.0 Å². The summed E-state index contributed by atoms with van der Waals surface area (Å²) in [5.74, 6) is -0.493. The second-order valence-corrected chi connectivity index (χ2v) is 8.68. The lowest BCUT2D eigenvalue weighted by Gasteiger charge is -2.14. The molecule has 1 aromatic heterocycles. The topological polar surface area (TPSA) is 65.1 Å². The minimum atomic E-state index is -0.312. The number of halogens is 2. The number of hydrogen-bond donors (Lipinski definition) is 2. The lowest BCUT2D eigenvalue weighted by molar-refractivity contribution is 0.532. The largest absolute Gasteiger partial charge is 0.426 e. The summed E-state index contributed by atoms with van der Waals surface area (Å²) >= 11 is 3.77. The molecule has 0 amide bonds. The molecule has 3 rings (SSSR count). The van der Waals surface area contributed by atoms with Gasteiger partial charge in [0.1, 0.15) is 10.8 Å². The second-order valence-electron chi connectivity index (χ2n) is 5.87. The number of ether oxygens (including phenoxy) is 1. The van der Waals surface area contributed by atoms with Gasteiger partial charge >= 0.3 is 0 Å². The van der Waals surface area contributed by atoms with E-state index in [1.54, 1.807) is 18.9 Å². The van der Waals surface area contributed by atoms with Crippen LogP contribution in [-0.4, -0.2) is 33.2 Å². The number of nitrogens with one attached hydrogen (secondary N) is 2. The monoisotopic (exact) mass is 492 g/mol. The molecule has 1 aliphatic heterocycles. The van der Waals surface area contributed by atoms with Crippen molar-refractivity contribution in [2.45, 2.75) is 31.7 Å². The van der Waals surface area contributed by atoms with Gasteiger partial charge in [-0.25, -0.2) is 8.70 Å². The van der Waals surface area contributed by atoms with Crippen molar-refractivity contribution >= 4 is 65.0 Å². The number of aromatic nitrogens is 1. The van der Waals surface area contributed by atoms with E-state index in [4.69, 9.17) is 15.6 Å². The first kappa shape index (κ1) is 19.0. The van der Waals surface area contributed by atoms with Gasteiger partial charge in [0.2, 0.25) is 5.90 Å². The molecule has 5 nitrogen and oxygen atoms in total. The van der Waals surface area contributed by atoms with E-state index in [2.05, 4.69) is 25.5 Å². The molecule has 2 heterocycles. The molecule has 0 aliphatic carbocycles. The molecule has 0 atom stereocenters. The standard InChI is InChI=1S/C16H18FIN4OS2/c1-9-7-12(17)15-11(14(9)16(20)23-10(2)19)8-13(22(15)25-18)24-21-5-3-4-6-21/h7-8,19-20H,3-6H2,1-2H3. The minimum absolute atomic E-state index is 0.0590. The highest BCUT2D eigenvalue weighted by Crippen LogP contribution is 2.39. The Hall–Kier alpha value is -0.780. The number of rotatable bonds is 4. The molecule has 1 aromatic carbocycles. The highest BCUT2D eigenvalue weighted by molar-refractivity contribution is 14.2. The SMILES string of the molecule is CC(=N)OC(=N)c1c(C)cc(F)c2c1cc(SN1CCCC1)n2SI. The molecule has 0 unspecified atom stereocenters. The Morgan fingerprint density at radius 3 is 2.56 bits per heavy atom. The van der Waals surface area contributed by atoms with Crippen LogP contribution >= 0.6 is 42.3 Å². The van der Waals surface area contributed by atoms with Crippen molar-refractivity contribution in [3.63, 3.8) is 0 Å². The summed E-state index contributed by atoms with van der Waals surface area (Å²) in [4.78, 5) is 0. The fourth-order valence-corrected chi connectivity index (χ4v) is 6.24. The van der Waals surface area contributed by atoms with E-state index in [9.17, 15) is 4.39 Å². The summed E-state index contributed by atoms with van der Waals surface area (Å²) in [6, 6.07) is 3.36. The highest BCUT2D eigenvalue weighted by atomic mass is 127. The van der Waals surface area contributed by atoms with Crippen LogP contribution in [0.15, 0.2) is 17.2 Å². The Morgan fingerprint density at radius 2 is 1.96 bits per heavy atom. The number of benzene rings is 1. The second kappa shape index (κ2) is 7.85. The van der Waals surface area contributed by atoms with Crippen LogP contribution in [0.25, 0.3) is 10.9 Å². The maximum absolute atomic E-state index is 14.7. The summed E-state index contributed by atoms with van der Waals surface area (Å²) < 4.78 is 24.0. The van der Waals surface area contributed by atoms with Gasteiger partial charge in [-0.3, -0.25) is 14.8 Å². The first-order chi connectivity index (χ1) is 11.9. The zero-order valence-corrected chi connectivity index (χ0v) is 17.6. The fourth-order valence-electron chi connectivity index (χ4n) is 2.98. The summed E-state index contributed by atoms with van der Waals surface area (Å²) in [6.07, 6.45) is 2.36. The maximum atomic E-state index is 14.7. The quantitative estimate of drug-likeness (QED) is 0.261. The Balaban J connectivity index is 2.15. The van der Waals surface area contributed by atoms with Crippen LogP contribution in [-0.2, 0) is 4.74 Å². The van der Waals surface area contributed by atoms with Crippen LogP contribution in [0.5, 0.6) is 0 Å². The molecule has 25 heavy (non-hydrogen) atoms. The molecule has 1 fully saturated rings. The fraction of sp³-hybridized carbons (Fsp3) is 0.375. The van der Waals surface area contributed by atoms with Crippen molar-refractivity contribution in [3.05, 3.63) is 29.1 Å². The van der Waals surface area contributed by atoms with Crippen LogP contribution in [0.3, 0.4) is 0 Å². The zero-order chi connectivity index (χ0) is 18.1. The van der Waals surface area contributed by atoms with E-state index < -0.39 is 0 Å². The van der Waals surface area contributed by atoms with Crippen molar-refractivity contribution in [3.8, 4) is 0 Å². The predicted octanol–water partition coefficient (Wildman–Crippen LogP) is 5.38. The van der Waals surface area contributed by atoms with Gasteiger partial charge in [0.15, 0.2) is 5.90 Å². The van der Waals surface area contributed by atoms with Crippen molar-refractivity contribution in [1.82, 2.24) is 8.28 Å². The average molecular weight is 492 g/mol. The van der Waals surface area contributed by atoms with E-state index in [0.717, 1.165) is 18.1 Å². The van der Waals surface area contributed by atoms with Crippen LogP contribution in [0.4, 0.5) is 4.39 Å². The lowest BCUT2D eigenvalue weighted by Crippen LogP contribution is -2.11. The molecule has 1 saturated heterocycles. The smallest absolute Gasteiger partial charge is 0.221 e. The van der Waals surface area contributed by atoms with Crippen molar-refractivity contribution in [2.75, 3.05) is 13.1 Å². The van der Waals surface area contributed by atoms with Crippen molar-refractivity contribution < 1.29 is 9.13 Å². The van der Waals surface area contributed by atoms with E-state index in [1.165, 1.54) is 35.0 Å². The summed E-state index contributed by atoms with van der Waals surface area (Å²) in [5.41, 5.74) is 1.62. The van der Waals surface area contributed by atoms with Gasteiger partial charge in [-0.15, -0.1) is 0 Å². The van der Waals surface area contributed by atoms with Crippen LogP contribution < -0.4 is 0 Å². The number of aryl methyl sites for hydroxylation is 1. The van der Waals surface area contributed by atoms with E-state index in [0.29, 0.717) is 22.0 Å². The molecule has 2 aromatic rings. The molecule has 0 bridgehead atoms. The molecule has 0 saturated carbocycles. The van der Waals surface area contributed by atoms with Gasteiger partial charge in [0.25, 0.3) is 0 Å². The average Bonchev–Trinajstić information content (AvgIpc) is 3.14. The van der Waals surface area contributed by atoms with Crippen LogP contribution in [0.2, 0.25) is 0 Å². The third-order valence-corrected chi connectivity index (χ3v) is 6.92. The third-order valence-electron chi connectivity index (χ3n) is 4.00. The molecule has 134 valence electrons. The molecule has 0 spiro atoms. The normalized spacial score (nSPS) is 15.0. The molecule has 9 heteroatoms. The summed E-state index contributed by atoms with van der Waals surface area (Å²) in [7, 11) is 1.41. The van der Waals surface area contributed by atoms with Crippen molar-refractivity contribution in [1.29, 1.82) is 10.8 Å². The number of nitrogens with zero attached hydrogens (tertiary/aromatic N) is 2. The number of hydrogen-bond acceptors (Lipinski definition) is 6. The van der Waals surface area contributed by atoms with Gasteiger partial charge in [0, 0.05) is 61.3 Å².